The lowest BCUT2D eigenvalue weighted by Gasteiger charge is -2.22. The maximum Gasteiger partial charge on any atom is 0.416 e. The van der Waals surface area contributed by atoms with E-state index < -0.39 is 11.7 Å². The number of nitrogens with zero attached hydrogens (tertiary/aromatic N) is 3. The molecule has 0 aliphatic carbocycles. The van der Waals surface area contributed by atoms with Crippen molar-refractivity contribution >= 4 is 0 Å². The Kier molecular flexibility index (Phi) is 3.01. The quantitative estimate of drug-likeness (QED) is 0.875. The summed E-state index contributed by atoms with van der Waals surface area (Å²) in [6.07, 6.45) is -2.21. The van der Waals surface area contributed by atoms with Crippen molar-refractivity contribution in [1.82, 2.24) is 14.8 Å². The Balaban J connectivity index is 2.08. The van der Waals surface area contributed by atoms with Crippen LogP contribution in [0.1, 0.15) is 30.4 Å². The summed E-state index contributed by atoms with van der Waals surface area (Å²) in [6.45, 7) is 0. The van der Waals surface area contributed by atoms with E-state index in [2.05, 4.69) is 10.2 Å². The van der Waals surface area contributed by atoms with Crippen molar-refractivity contribution in [2.45, 2.75) is 31.6 Å². The molecule has 1 aliphatic heterocycles. The van der Waals surface area contributed by atoms with Gasteiger partial charge in [-0.3, -0.25) is 4.57 Å². The SMILES string of the molecule is NC1CCCc2nnc(-c3cccc(C(F)(F)F)c3)n21. The standard InChI is InChI=1S/C13H13F3N4/c14-13(15,16)9-4-1-3-8(7-9)12-19-18-11-6-2-5-10(17)20(11)12/h1,3-4,7,10H,2,5-6,17H2. The van der Waals surface area contributed by atoms with E-state index in [0.29, 0.717) is 11.4 Å². The van der Waals surface area contributed by atoms with E-state index in [-0.39, 0.29) is 6.17 Å². The van der Waals surface area contributed by atoms with E-state index in [4.69, 9.17) is 5.73 Å². The Bertz CT molecular complexity index is 633. The first kappa shape index (κ1) is 13.1. The Morgan fingerprint density at radius 2 is 2.05 bits per heavy atom. The minimum atomic E-state index is -4.37. The molecule has 106 valence electrons. The minimum absolute atomic E-state index is 0.279. The van der Waals surface area contributed by atoms with Crippen molar-refractivity contribution in [3.63, 3.8) is 0 Å². The lowest BCUT2D eigenvalue weighted by Crippen LogP contribution is -2.25. The van der Waals surface area contributed by atoms with Gasteiger partial charge in [-0.2, -0.15) is 13.2 Å². The molecule has 1 aromatic carbocycles. The number of rotatable bonds is 1. The second-order valence-corrected chi connectivity index (χ2v) is 4.85. The van der Waals surface area contributed by atoms with Crippen molar-refractivity contribution in [2.75, 3.05) is 0 Å². The first-order valence-electron chi connectivity index (χ1n) is 6.34. The van der Waals surface area contributed by atoms with Crippen LogP contribution in [0.3, 0.4) is 0 Å². The van der Waals surface area contributed by atoms with Gasteiger partial charge in [0.25, 0.3) is 0 Å². The van der Waals surface area contributed by atoms with Gasteiger partial charge >= 0.3 is 6.18 Å². The zero-order chi connectivity index (χ0) is 14.3. The van der Waals surface area contributed by atoms with Gasteiger partial charge in [0, 0.05) is 12.0 Å². The Morgan fingerprint density at radius 3 is 2.80 bits per heavy atom. The summed E-state index contributed by atoms with van der Waals surface area (Å²) in [7, 11) is 0. The highest BCUT2D eigenvalue weighted by molar-refractivity contribution is 5.57. The molecule has 0 fully saturated rings. The third-order valence-corrected chi connectivity index (χ3v) is 3.45. The number of alkyl halides is 3. The molecule has 1 unspecified atom stereocenters. The summed E-state index contributed by atoms with van der Waals surface area (Å²) >= 11 is 0. The fourth-order valence-electron chi connectivity index (χ4n) is 2.47. The number of nitrogens with two attached hydrogens (primary N) is 1. The highest BCUT2D eigenvalue weighted by atomic mass is 19.4. The molecule has 0 saturated heterocycles. The molecule has 20 heavy (non-hydrogen) atoms. The normalized spacial score (nSPS) is 18.9. The van der Waals surface area contributed by atoms with Crippen LogP contribution < -0.4 is 5.73 Å². The van der Waals surface area contributed by atoms with Crippen LogP contribution in [-0.2, 0) is 12.6 Å². The average Bonchev–Trinajstić information content (AvgIpc) is 2.83. The minimum Gasteiger partial charge on any atom is -0.311 e. The van der Waals surface area contributed by atoms with Crippen LogP contribution in [-0.4, -0.2) is 14.8 Å². The molecule has 0 amide bonds. The topological polar surface area (TPSA) is 56.7 Å². The lowest BCUT2D eigenvalue weighted by molar-refractivity contribution is -0.137. The summed E-state index contributed by atoms with van der Waals surface area (Å²) in [5.41, 5.74) is 5.70. The molecule has 0 saturated carbocycles. The molecule has 7 heteroatoms. The Morgan fingerprint density at radius 1 is 1.25 bits per heavy atom. The molecule has 3 rings (SSSR count). The Labute approximate surface area is 113 Å². The van der Waals surface area contributed by atoms with Gasteiger partial charge in [0.15, 0.2) is 5.82 Å². The summed E-state index contributed by atoms with van der Waals surface area (Å²) < 4.78 is 40.0. The van der Waals surface area contributed by atoms with Crippen LogP contribution in [0, 0.1) is 0 Å². The van der Waals surface area contributed by atoms with Crippen LogP contribution in [0.2, 0.25) is 0 Å². The van der Waals surface area contributed by atoms with Gasteiger partial charge in [-0.1, -0.05) is 12.1 Å². The summed E-state index contributed by atoms with van der Waals surface area (Å²) in [6, 6.07) is 5.08. The summed E-state index contributed by atoms with van der Waals surface area (Å²) in [4.78, 5) is 0. The summed E-state index contributed by atoms with van der Waals surface area (Å²) in [5.74, 6) is 1.13. The molecule has 2 aromatic rings. The largest absolute Gasteiger partial charge is 0.416 e. The van der Waals surface area contributed by atoms with Gasteiger partial charge in [-0.15, -0.1) is 10.2 Å². The third kappa shape index (κ3) is 2.18. The fourth-order valence-corrected chi connectivity index (χ4v) is 2.47. The van der Waals surface area contributed by atoms with E-state index in [1.54, 1.807) is 10.6 Å². The molecule has 0 radical (unpaired) electrons. The van der Waals surface area contributed by atoms with Crippen LogP contribution >= 0.6 is 0 Å². The lowest BCUT2D eigenvalue weighted by atomic mass is 10.1. The second-order valence-electron chi connectivity index (χ2n) is 4.85. The predicted molar refractivity (Wildman–Crippen MR) is 66.6 cm³/mol. The molecule has 2 heterocycles. The van der Waals surface area contributed by atoms with E-state index in [1.165, 1.54) is 6.07 Å². The molecule has 1 aliphatic rings. The smallest absolute Gasteiger partial charge is 0.311 e. The summed E-state index contributed by atoms with van der Waals surface area (Å²) in [5, 5.41) is 8.03. The van der Waals surface area contributed by atoms with Crippen molar-refractivity contribution in [2.24, 2.45) is 5.73 Å². The van der Waals surface area contributed by atoms with Crippen LogP contribution in [0.5, 0.6) is 0 Å². The first-order valence-corrected chi connectivity index (χ1v) is 6.34. The number of fused-ring (bicyclic) bond motifs is 1. The maximum atomic E-state index is 12.8. The third-order valence-electron chi connectivity index (χ3n) is 3.45. The number of hydrogen-bond donors (Lipinski definition) is 1. The number of aryl methyl sites for hydroxylation is 1. The van der Waals surface area contributed by atoms with Gasteiger partial charge in [0.1, 0.15) is 5.82 Å². The maximum absolute atomic E-state index is 12.8. The van der Waals surface area contributed by atoms with Crippen LogP contribution in [0.25, 0.3) is 11.4 Å². The zero-order valence-electron chi connectivity index (χ0n) is 10.6. The Hall–Kier alpha value is -1.89. The van der Waals surface area contributed by atoms with E-state index in [0.717, 1.165) is 37.2 Å². The van der Waals surface area contributed by atoms with Crippen molar-refractivity contribution in [3.8, 4) is 11.4 Å². The zero-order valence-corrected chi connectivity index (χ0v) is 10.6. The highest BCUT2D eigenvalue weighted by Crippen LogP contribution is 2.33. The number of benzene rings is 1. The van der Waals surface area contributed by atoms with Gasteiger partial charge in [-0.05, 0) is 25.0 Å². The second kappa shape index (κ2) is 4.59. The predicted octanol–water partition coefficient (Wildman–Crippen LogP) is 2.76. The van der Waals surface area contributed by atoms with Gasteiger partial charge < -0.3 is 5.73 Å². The number of hydrogen-bond acceptors (Lipinski definition) is 3. The molecular weight excluding hydrogens is 269 g/mol. The van der Waals surface area contributed by atoms with Gasteiger partial charge in [-0.25, -0.2) is 0 Å². The number of aromatic nitrogens is 3. The van der Waals surface area contributed by atoms with Crippen molar-refractivity contribution in [1.29, 1.82) is 0 Å². The van der Waals surface area contributed by atoms with Gasteiger partial charge in [0.05, 0.1) is 11.7 Å². The molecule has 4 nitrogen and oxygen atoms in total. The monoisotopic (exact) mass is 282 g/mol. The first-order chi connectivity index (χ1) is 9.47. The molecule has 2 N–H and O–H groups in total. The average molecular weight is 282 g/mol. The molecule has 1 aromatic heterocycles. The van der Waals surface area contributed by atoms with Crippen LogP contribution in [0.15, 0.2) is 24.3 Å². The van der Waals surface area contributed by atoms with Crippen LogP contribution in [0.4, 0.5) is 13.2 Å². The highest BCUT2D eigenvalue weighted by Gasteiger charge is 2.31. The van der Waals surface area contributed by atoms with E-state index in [9.17, 15) is 13.2 Å². The molecule has 0 bridgehead atoms. The molecule has 0 spiro atoms. The van der Waals surface area contributed by atoms with E-state index >= 15 is 0 Å². The van der Waals surface area contributed by atoms with Gasteiger partial charge in [0.2, 0.25) is 0 Å². The van der Waals surface area contributed by atoms with E-state index in [1.807, 2.05) is 0 Å². The fraction of sp³-hybridized carbons (Fsp3) is 0.385. The molecular formula is C13H13F3N4. The van der Waals surface area contributed by atoms with Crippen molar-refractivity contribution < 1.29 is 13.2 Å². The van der Waals surface area contributed by atoms with Crippen molar-refractivity contribution in [3.05, 3.63) is 35.7 Å². The molecule has 1 atom stereocenters. The number of halogens is 3.